The minimum Gasteiger partial charge on any atom is -0.489 e. The van der Waals surface area contributed by atoms with E-state index >= 15 is 0 Å². The first kappa shape index (κ1) is 23.7. The molecule has 34 heavy (non-hydrogen) atoms. The van der Waals surface area contributed by atoms with Crippen molar-refractivity contribution in [3.63, 3.8) is 0 Å². The van der Waals surface area contributed by atoms with Crippen molar-refractivity contribution in [3.8, 4) is 11.4 Å². The molecule has 0 aliphatic carbocycles. The highest BCUT2D eigenvalue weighted by atomic mass is 35.5. The third-order valence-corrected chi connectivity index (χ3v) is 6.45. The molecule has 0 bridgehead atoms. The Bertz CT molecular complexity index is 1270. The van der Waals surface area contributed by atoms with E-state index < -0.39 is 5.25 Å². The van der Waals surface area contributed by atoms with Crippen molar-refractivity contribution in [2.45, 2.75) is 23.9 Å². The van der Waals surface area contributed by atoms with Crippen LogP contribution in [0, 0.1) is 22.9 Å². The van der Waals surface area contributed by atoms with Crippen LogP contribution in [-0.4, -0.2) is 26.2 Å². The zero-order valence-corrected chi connectivity index (χ0v) is 19.7. The SMILES string of the molecule is Cc1nnc(S[C@H](C[N+](=O)[O-])c2ccc(OCc3ccc(Cl)cc3)cc2)n1-c1ccc(F)cc1. The summed E-state index contributed by atoms with van der Waals surface area (Å²) in [6, 6.07) is 20.5. The summed E-state index contributed by atoms with van der Waals surface area (Å²) in [7, 11) is 0. The van der Waals surface area contributed by atoms with Crippen molar-refractivity contribution in [2.24, 2.45) is 0 Å². The number of rotatable bonds is 9. The maximum absolute atomic E-state index is 13.4. The number of thioether (sulfide) groups is 1. The van der Waals surface area contributed by atoms with Crippen LogP contribution in [0.5, 0.6) is 5.75 Å². The smallest absolute Gasteiger partial charge is 0.220 e. The van der Waals surface area contributed by atoms with Crippen molar-refractivity contribution in [1.29, 1.82) is 0 Å². The number of halogens is 2. The lowest BCUT2D eigenvalue weighted by Crippen LogP contribution is -2.11. The van der Waals surface area contributed by atoms with Gasteiger partial charge >= 0.3 is 0 Å². The first-order valence-corrected chi connectivity index (χ1v) is 11.6. The average Bonchev–Trinajstić information content (AvgIpc) is 3.19. The van der Waals surface area contributed by atoms with Gasteiger partial charge in [-0.1, -0.05) is 47.6 Å². The zero-order valence-electron chi connectivity index (χ0n) is 18.1. The Morgan fingerprint density at radius 3 is 2.38 bits per heavy atom. The molecule has 1 atom stereocenters. The Kier molecular flexibility index (Phi) is 7.44. The van der Waals surface area contributed by atoms with Gasteiger partial charge in [0, 0.05) is 15.6 Å². The second-order valence-corrected chi connectivity index (χ2v) is 9.05. The van der Waals surface area contributed by atoms with Crippen molar-refractivity contribution < 1.29 is 14.1 Å². The van der Waals surface area contributed by atoms with E-state index in [0.717, 1.165) is 11.1 Å². The Morgan fingerprint density at radius 1 is 1.06 bits per heavy atom. The third-order valence-electron chi connectivity index (χ3n) is 5.01. The predicted molar refractivity (Wildman–Crippen MR) is 129 cm³/mol. The molecule has 0 amide bonds. The fourth-order valence-corrected chi connectivity index (χ4v) is 4.61. The highest BCUT2D eigenvalue weighted by Crippen LogP contribution is 2.36. The van der Waals surface area contributed by atoms with E-state index in [9.17, 15) is 14.5 Å². The fraction of sp³-hybridized carbons (Fsp3) is 0.167. The molecule has 3 aromatic carbocycles. The number of aromatic nitrogens is 3. The predicted octanol–water partition coefficient (Wildman–Crippen LogP) is 6.06. The molecule has 7 nitrogen and oxygen atoms in total. The molecule has 4 aromatic rings. The van der Waals surface area contributed by atoms with Crippen molar-refractivity contribution in [1.82, 2.24) is 14.8 Å². The lowest BCUT2D eigenvalue weighted by atomic mass is 10.1. The maximum Gasteiger partial charge on any atom is 0.220 e. The average molecular weight is 499 g/mol. The van der Waals surface area contributed by atoms with E-state index in [1.54, 1.807) is 47.9 Å². The monoisotopic (exact) mass is 498 g/mol. The number of aryl methyl sites for hydroxylation is 1. The molecular formula is C24H20ClFN4O3S. The van der Waals surface area contributed by atoms with Crippen LogP contribution < -0.4 is 4.74 Å². The Morgan fingerprint density at radius 2 is 1.74 bits per heavy atom. The van der Waals surface area contributed by atoms with Gasteiger partial charge in [-0.15, -0.1) is 10.2 Å². The zero-order chi connectivity index (χ0) is 24.1. The van der Waals surface area contributed by atoms with E-state index in [4.69, 9.17) is 16.3 Å². The minimum atomic E-state index is -0.511. The summed E-state index contributed by atoms with van der Waals surface area (Å²) in [6.07, 6.45) is 0. The minimum absolute atomic E-state index is 0.301. The van der Waals surface area contributed by atoms with Gasteiger partial charge in [0.25, 0.3) is 0 Å². The van der Waals surface area contributed by atoms with E-state index in [2.05, 4.69) is 10.2 Å². The highest BCUT2D eigenvalue weighted by Gasteiger charge is 2.24. The lowest BCUT2D eigenvalue weighted by Gasteiger charge is -2.15. The van der Waals surface area contributed by atoms with Gasteiger partial charge in [-0.2, -0.15) is 0 Å². The fourth-order valence-electron chi connectivity index (χ4n) is 3.31. The van der Waals surface area contributed by atoms with Gasteiger partial charge < -0.3 is 4.74 Å². The number of ether oxygens (including phenoxy) is 1. The molecule has 1 aromatic heterocycles. The molecule has 0 unspecified atom stereocenters. The summed E-state index contributed by atoms with van der Waals surface area (Å²) in [4.78, 5) is 11.0. The summed E-state index contributed by atoms with van der Waals surface area (Å²) in [5.74, 6) is 0.891. The summed E-state index contributed by atoms with van der Waals surface area (Å²) < 4.78 is 20.9. The van der Waals surface area contributed by atoms with Gasteiger partial charge in [0.1, 0.15) is 29.2 Å². The molecule has 10 heteroatoms. The van der Waals surface area contributed by atoms with Gasteiger partial charge in [0.05, 0.1) is 0 Å². The number of benzene rings is 3. The van der Waals surface area contributed by atoms with Gasteiger partial charge in [0.15, 0.2) is 5.16 Å². The van der Waals surface area contributed by atoms with Crippen LogP contribution in [0.4, 0.5) is 4.39 Å². The summed E-state index contributed by atoms with van der Waals surface area (Å²) in [5.41, 5.74) is 2.41. The van der Waals surface area contributed by atoms with E-state index in [1.807, 2.05) is 24.3 Å². The van der Waals surface area contributed by atoms with E-state index in [1.165, 1.54) is 23.9 Å². The largest absolute Gasteiger partial charge is 0.489 e. The van der Waals surface area contributed by atoms with Crippen LogP contribution in [-0.2, 0) is 6.61 Å². The topological polar surface area (TPSA) is 83.1 Å². The molecule has 4 rings (SSSR count). The quantitative estimate of drug-likeness (QED) is 0.158. The normalized spacial score (nSPS) is 11.9. The molecule has 1 heterocycles. The maximum atomic E-state index is 13.4. The highest BCUT2D eigenvalue weighted by molar-refractivity contribution is 7.99. The molecule has 0 spiro atoms. The van der Waals surface area contributed by atoms with Crippen LogP contribution in [0.2, 0.25) is 5.02 Å². The number of hydrogen-bond donors (Lipinski definition) is 0. The second-order valence-electron chi connectivity index (χ2n) is 7.45. The van der Waals surface area contributed by atoms with Gasteiger partial charge in [-0.25, -0.2) is 4.39 Å². The Labute approximate surface area is 204 Å². The lowest BCUT2D eigenvalue weighted by molar-refractivity contribution is -0.479. The number of nitro groups is 1. The van der Waals surface area contributed by atoms with Crippen LogP contribution in [0.15, 0.2) is 78.0 Å². The molecule has 0 N–H and O–H groups in total. The first-order chi connectivity index (χ1) is 16.4. The number of nitrogens with zero attached hydrogens (tertiary/aromatic N) is 4. The Balaban J connectivity index is 1.52. The molecule has 0 radical (unpaired) electrons. The van der Waals surface area contributed by atoms with Gasteiger partial charge in [0.2, 0.25) is 6.54 Å². The molecule has 0 aliphatic heterocycles. The van der Waals surface area contributed by atoms with E-state index in [-0.39, 0.29) is 17.3 Å². The van der Waals surface area contributed by atoms with Crippen LogP contribution in [0.25, 0.3) is 5.69 Å². The van der Waals surface area contributed by atoms with Crippen LogP contribution in [0.1, 0.15) is 22.2 Å². The Hall–Kier alpha value is -3.43. The summed E-state index contributed by atoms with van der Waals surface area (Å²) in [6.45, 7) is 1.85. The second kappa shape index (κ2) is 10.7. The summed E-state index contributed by atoms with van der Waals surface area (Å²) in [5, 5.41) is 20.3. The van der Waals surface area contributed by atoms with E-state index in [0.29, 0.717) is 34.0 Å². The van der Waals surface area contributed by atoms with Gasteiger partial charge in [-0.05, 0) is 66.6 Å². The molecule has 174 valence electrons. The molecular weight excluding hydrogens is 479 g/mol. The van der Waals surface area contributed by atoms with Crippen LogP contribution in [0.3, 0.4) is 0 Å². The molecule has 0 saturated carbocycles. The van der Waals surface area contributed by atoms with Gasteiger partial charge in [-0.3, -0.25) is 14.7 Å². The van der Waals surface area contributed by atoms with Crippen molar-refractivity contribution in [3.05, 3.63) is 111 Å². The molecule has 0 aliphatic rings. The third kappa shape index (κ3) is 5.92. The first-order valence-electron chi connectivity index (χ1n) is 10.3. The molecule has 0 fully saturated rings. The summed E-state index contributed by atoms with van der Waals surface area (Å²) >= 11 is 7.14. The number of hydrogen-bond acceptors (Lipinski definition) is 6. The standard InChI is InChI=1S/C24H20ClFN4O3S/c1-16-27-28-24(30(16)21-10-8-20(26)9-11-21)34-23(14-29(31)32)18-4-12-22(13-5-18)33-15-17-2-6-19(25)7-3-17/h2-13,23H,14-15H2,1H3/t23-/m1/s1. The molecule has 0 saturated heterocycles. The van der Waals surface area contributed by atoms with Crippen LogP contribution >= 0.6 is 23.4 Å². The van der Waals surface area contributed by atoms with Crippen molar-refractivity contribution in [2.75, 3.05) is 6.54 Å². The van der Waals surface area contributed by atoms with Crippen molar-refractivity contribution >= 4 is 23.4 Å².